The molecule has 0 spiro atoms. The predicted octanol–water partition coefficient (Wildman–Crippen LogP) is 4.54. The monoisotopic (exact) mass is 329 g/mol. The molecule has 0 heterocycles. The summed E-state index contributed by atoms with van der Waals surface area (Å²) >= 11 is 6.19. The lowest BCUT2D eigenvalue weighted by molar-refractivity contribution is 0.447. The third-order valence-corrected chi connectivity index (χ3v) is 6.00. The number of nitrogens with one attached hydrogen (secondary N) is 1. The van der Waals surface area contributed by atoms with Crippen LogP contribution in [0.5, 0.6) is 0 Å². The Labute approximate surface area is 137 Å². The molecule has 0 saturated carbocycles. The van der Waals surface area contributed by atoms with Crippen LogP contribution in [0.4, 0.5) is 0 Å². The molecule has 1 N–H and O–H groups in total. The predicted molar refractivity (Wildman–Crippen MR) is 94.4 cm³/mol. The lowest BCUT2D eigenvalue weighted by Crippen LogP contribution is -2.42. The van der Waals surface area contributed by atoms with E-state index in [-0.39, 0.29) is 5.25 Å². The molecular weight excluding hydrogens is 302 g/mol. The molecule has 3 atom stereocenters. The Morgan fingerprint density at radius 3 is 2.48 bits per heavy atom. The second kappa shape index (κ2) is 10.4. The molecule has 0 fully saturated rings. The minimum Gasteiger partial charge on any atom is -0.313 e. The first kappa shape index (κ1) is 18.7. The van der Waals surface area contributed by atoms with E-state index in [1.165, 1.54) is 0 Å². The first-order chi connectivity index (χ1) is 10.1. The molecule has 0 radical (unpaired) electrons. The van der Waals surface area contributed by atoms with Gasteiger partial charge in [0.2, 0.25) is 0 Å². The fourth-order valence-electron chi connectivity index (χ4n) is 2.59. The molecule has 0 aromatic heterocycles. The summed E-state index contributed by atoms with van der Waals surface area (Å²) in [6, 6.07) is 8.05. The Kier molecular flexibility index (Phi) is 9.21. The molecule has 0 bridgehead atoms. The SMILES string of the molecule is CCCNC(CCC)C(CC)S(=O)Cc1ccccc1Cl. The van der Waals surface area contributed by atoms with Crippen LogP contribution in [0.3, 0.4) is 0 Å². The van der Waals surface area contributed by atoms with E-state index >= 15 is 0 Å². The first-order valence-corrected chi connectivity index (χ1v) is 9.73. The average molecular weight is 330 g/mol. The maximum Gasteiger partial charge on any atom is 0.0503 e. The van der Waals surface area contributed by atoms with Gasteiger partial charge >= 0.3 is 0 Å². The fraction of sp³-hybridized carbons (Fsp3) is 0.647. The van der Waals surface area contributed by atoms with E-state index in [9.17, 15) is 4.21 Å². The van der Waals surface area contributed by atoms with Crippen molar-refractivity contribution in [3.63, 3.8) is 0 Å². The summed E-state index contributed by atoms with van der Waals surface area (Å²) in [5, 5.41) is 4.48. The summed E-state index contributed by atoms with van der Waals surface area (Å²) in [5.41, 5.74) is 0.988. The van der Waals surface area contributed by atoms with Gasteiger partial charge in [-0.2, -0.15) is 0 Å². The Morgan fingerprint density at radius 2 is 1.90 bits per heavy atom. The van der Waals surface area contributed by atoms with Crippen LogP contribution >= 0.6 is 11.6 Å². The van der Waals surface area contributed by atoms with Crippen LogP contribution in [0, 0.1) is 0 Å². The molecule has 120 valence electrons. The van der Waals surface area contributed by atoms with Crippen LogP contribution in [0.1, 0.15) is 52.0 Å². The Hall–Kier alpha value is -0.380. The maximum atomic E-state index is 12.8. The van der Waals surface area contributed by atoms with Crippen molar-refractivity contribution in [2.24, 2.45) is 0 Å². The van der Waals surface area contributed by atoms with E-state index in [0.29, 0.717) is 16.8 Å². The highest BCUT2D eigenvalue weighted by Gasteiger charge is 2.24. The third-order valence-electron chi connectivity index (χ3n) is 3.70. The normalized spacial score (nSPS) is 15.6. The zero-order valence-corrected chi connectivity index (χ0v) is 15.0. The third kappa shape index (κ3) is 6.09. The summed E-state index contributed by atoms with van der Waals surface area (Å²) < 4.78 is 12.8. The lowest BCUT2D eigenvalue weighted by Gasteiger charge is -2.26. The molecule has 1 aromatic carbocycles. The molecule has 1 aromatic rings. The van der Waals surface area contributed by atoms with Gasteiger partial charge in [0, 0.05) is 21.9 Å². The Bertz CT molecular complexity index is 439. The first-order valence-electron chi connectivity index (χ1n) is 7.97. The molecule has 1 rings (SSSR count). The molecule has 0 aliphatic heterocycles. The quantitative estimate of drug-likeness (QED) is 0.683. The Morgan fingerprint density at radius 1 is 1.19 bits per heavy atom. The van der Waals surface area contributed by atoms with Crippen molar-refractivity contribution >= 4 is 22.4 Å². The van der Waals surface area contributed by atoms with Gasteiger partial charge in [0.05, 0.1) is 11.0 Å². The molecule has 4 heteroatoms. The van der Waals surface area contributed by atoms with Gasteiger partial charge in [-0.25, -0.2) is 0 Å². The second-order valence-electron chi connectivity index (χ2n) is 5.41. The molecule has 21 heavy (non-hydrogen) atoms. The van der Waals surface area contributed by atoms with Gasteiger partial charge in [-0.1, -0.05) is 57.0 Å². The highest BCUT2D eigenvalue weighted by Crippen LogP contribution is 2.21. The average Bonchev–Trinajstić information content (AvgIpc) is 2.48. The van der Waals surface area contributed by atoms with Crippen LogP contribution < -0.4 is 5.32 Å². The van der Waals surface area contributed by atoms with Crippen molar-refractivity contribution in [1.82, 2.24) is 5.32 Å². The van der Waals surface area contributed by atoms with Crippen LogP contribution in [-0.4, -0.2) is 22.0 Å². The number of halogens is 1. The molecule has 3 unspecified atom stereocenters. The van der Waals surface area contributed by atoms with Gasteiger partial charge in [-0.15, -0.1) is 0 Å². The Balaban J connectivity index is 2.76. The minimum atomic E-state index is -0.901. The van der Waals surface area contributed by atoms with E-state index in [2.05, 4.69) is 26.1 Å². The topological polar surface area (TPSA) is 29.1 Å². The highest BCUT2D eigenvalue weighted by atomic mass is 35.5. The standard InChI is InChI=1S/C17H28ClNOS/c1-4-9-16(19-12-5-2)17(6-3)21(20)13-14-10-7-8-11-15(14)18/h7-8,10-11,16-17,19H,4-6,9,12-13H2,1-3H3. The van der Waals surface area contributed by atoms with Crippen LogP contribution in [-0.2, 0) is 16.6 Å². The molecule has 0 amide bonds. The van der Waals surface area contributed by atoms with Gasteiger partial charge in [0.1, 0.15) is 0 Å². The zero-order valence-electron chi connectivity index (χ0n) is 13.4. The van der Waals surface area contributed by atoms with Gasteiger partial charge in [0.15, 0.2) is 0 Å². The largest absolute Gasteiger partial charge is 0.313 e. The van der Waals surface area contributed by atoms with Crippen molar-refractivity contribution in [1.29, 1.82) is 0 Å². The highest BCUT2D eigenvalue weighted by molar-refractivity contribution is 7.84. The molecule has 0 aliphatic rings. The summed E-state index contributed by atoms with van der Waals surface area (Å²) in [7, 11) is -0.901. The minimum absolute atomic E-state index is 0.188. The number of hydrogen-bond acceptors (Lipinski definition) is 2. The summed E-state index contributed by atoms with van der Waals surface area (Å²) in [5.74, 6) is 0.548. The fourth-order valence-corrected chi connectivity index (χ4v) is 4.61. The zero-order chi connectivity index (χ0) is 15.7. The second-order valence-corrected chi connectivity index (χ2v) is 7.48. The van der Waals surface area contributed by atoms with E-state index in [0.717, 1.165) is 37.8 Å². The van der Waals surface area contributed by atoms with E-state index in [4.69, 9.17) is 11.6 Å². The lowest BCUT2D eigenvalue weighted by atomic mass is 10.1. The summed E-state index contributed by atoms with van der Waals surface area (Å²) in [4.78, 5) is 0. The number of rotatable bonds is 10. The van der Waals surface area contributed by atoms with Gasteiger partial charge in [-0.05, 0) is 37.4 Å². The van der Waals surface area contributed by atoms with Gasteiger partial charge < -0.3 is 5.32 Å². The molecule has 0 aliphatic carbocycles. The molecular formula is C17H28ClNOS. The summed E-state index contributed by atoms with van der Waals surface area (Å²) in [6.45, 7) is 7.47. The molecule has 2 nitrogen and oxygen atoms in total. The van der Waals surface area contributed by atoms with Crippen molar-refractivity contribution in [2.75, 3.05) is 6.54 Å². The smallest absolute Gasteiger partial charge is 0.0503 e. The summed E-state index contributed by atoms with van der Waals surface area (Å²) in [6.07, 6.45) is 4.22. The van der Waals surface area contributed by atoms with Crippen LogP contribution in [0.25, 0.3) is 0 Å². The van der Waals surface area contributed by atoms with Crippen LogP contribution in [0.2, 0.25) is 5.02 Å². The van der Waals surface area contributed by atoms with Gasteiger partial charge in [0.25, 0.3) is 0 Å². The van der Waals surface area contributed by atoms with Crippen LogP contribution in [0.15, 0.2) is 24.3 Å². The van der Waals surface area contributed by atoms with E-state index in [1.807, 2.05) is 24.3 Å². The van der Waals surface area contributed by atoms with E-state index in [1.54, 1.807) is 0 Å². The van der Waals surface area contributed by atoms with Crippen molar-refractivity contribution in [2.45, 2.75) is 63.5 Å². The molecule has 0 saturated heterocycles. The van der Waals surface area contributed by atoms with Crippen molar-refractivity contribution < 1.29 is 4.21 Å². The van der Waals surface area contributed by atoms with Gasteiger partial charge in [-0.3, -0.25) is 4.21 Å². The van der Waals surface area contributed by atoms with Crippen molar-refractivity contribution in [3.05, 3.63) is 34.9 Å². The maximum absolute atomic E-state index is 12.8. The number of hydrogen-bond donors (Lipinski definition) is 1. The number of benzene rings is 1. The van der Waals surface area contributed by atoms with Crippen molar-refractivity contribution in [3.8, 4) is 0 Å². The van der Waals surface area contributed by atoms with E-state index < -0.39 is 10.8 Å².